The molecular weight excluding hydrogens is 785 g/mol. The van der Waals surface area contributed by atoms with Crippen molar-refractivity contribution in [2.24, 2.45) is 0 Å². The zero-order valence-electron chi connectivity index (χ0n) is 36.2. The Morgan fingerprint density at radius 1 is 0.354 bits per heavy atom. The van der Waals surface area contributed by atoms with Crippen LogP contribution in [0.15, 0.2) is 194 Å². The topological polar surface area (TPSA) is 6.48 Å². The SMILES string of the molecule is C1=Cc2ccccc2N(c2ccc3c(c2)C2(CCCC2)c2cc(/C=C/c4ccc(-c5ccc(N6c7ccccc7C=Cc7ccccc76)c6ccccc56)cc4)ccc2-3)c2ccccc21. The number of para-hydroxylation sites is 4. The van der Waals surface area contributed by atoms with Gasteiger partial charge in [-0.05, 0) is 127 Å². The minimum absolute atomic E-state index is 0.0323. The quantitative estimate of drug-likeness (QED) is 0.159. The van der Waals surface area contributed by atoms with Gasteiger partial charge >= 0.3 is 0 Å². The van der Waals surface area contributed by atoms with E-state index in [0.717, 1.165) is 0 Å². The molecule has 2 aliphatic carbocycles. The minimum Gasteiger partial charge on any atom is -0.309 e. The van der Waals surface area contributed by atoms with Crippen LogP contribution in [0.25, 0.3) is 69.5 Å². The van der Waals surface area contributed by atoms with E-state index in [2.05, 4.69) is 240 Å². The Morgan fingerprint density at radius 3 is 1.42 bits per heavy atom. The van der Waals surface area contributed by atoms with Gasteiger partial charge in [0, 0.05) is 16.5 Å². The van der Waals surface area contributed by atoms with Crippen LogP contribution in [-0.2, 0) is 5.41 Å². The lowest BCUT2D eigenvalue weighted by Gasteiger charge is -2.30. The lowest BCUT2D eigenvalue weighted by Crippen LogP contribution is -2.21. The van der Waals surface area contributed by atoms with Gasteiger partial charge in [0.25, 0.3) is 0 Å². The van der Waals surface area contributed by atoms with Gasteiger partial charge in [0.1, 0.15) is 0 Å². The summed E-state index contributed by atoms with van der Waals surface area (Å²) >= 11 is 0. The maximum atomic E-state index is 2.53. The molecule has 0 radical (unpaired) electrons. The summed E-state index contributed by atoms with van der Waals surface area (Å²) in [6.07, 6.45) is 18.4. The van der Waals surface area contributed by atoms with Crippen molar-refractivity contribution in [2.75, 3.05) is 9.80 Å². The second kappa shape index (κ2) is 15.1. The maximum absolute atomic E-state index is 2.53. The summed E-state index contributed by atoms with van der Waals surface area (Å²) in [6, 6.07) is 72.0. The average molecular weight is 831 g/mol. The van der Waals surface area contributed by atoms with Gasteiger partial charge in [0.2, 0.25) is 0 Å². The highest BCUT2D eigenvalue weighted by Crippen LogP contribution is 2.58. The van der Waals surface area contributed by atoms with Crippen molar-refractivity contribution in [3.05, 3.63) is 239 Å². The first-order chi connectivity index (χ1) is 32.2. The minimum atomic E-state index is 0.0323. The number of rotatable bonds is 5. The van der Waals surface area contributed by atoms with Crippen LogP contribution in [0.2, 0.25) is 0 Å². The number of nitrogens with zero attached hydrogens (tertiary/aromatic N) is 2. The molecule has 0 bridgehead atoms. The van der Waals surface area contributed by atoms with Crippen LogP contribution in [-0.4, -0.2) is 0 Å². The normalized spacial score (nSPS) is 15.0. The molecule has 9 aromatic rings. The van der Waals surface area contributed by atoms with Gasteiger partial charge in [0.15, 0.2) is 0 Å². The van der Waals surface area contributed by atoms with E-state index in [1.54, 1.807) is 0 Å². The zero-order chi connectivity index (χ0) is 42.9. The standard InChI is InChI=1S/C63H46N2/c1-7-19-58-46(13-1)30-31-47-14-2-8-20-59(47)64(58)50-34-36-54-53-35-27-44(41-56(53)63(57(54)42-50)39-11-12-40-63)24-23-43-25-28-45(29-26-43)51-37-38-62(55-18-6-5-17-52(51)55)65-60-21-9-3-15-48(60)32-33-49-16-4-10-22-61(49)65/h1-10,13-38,41-42H,11-12,39-40H2/b24-23+. The molecule has 0 atom stereocenters. The molecule has 65 heavy (non-hydrogen) atoms. The molecule has 2 heteroatoms. The molecule has 4 aliphatic rings. The van der Waals surface area contributed by atoms with E-state index < -0.39 is 0 Å². The Kier molecular flexibility index (Phi) is 8.74. The van der Waals surface area contributed by atoms with Crippen molar-refractivity contribution >= 4 is 81.4 Å². The first kappa shape index (κ1) is 37.6. The van der Waals surface area contributed by atoms with E-state index in [1.165, 1.54) is 137 Å². The van der Waals surface area contributed by atoms with Crippen LogP contribution in [0, 0.1) is 0 Å². The van der Waals surface area contributed by atoms with Crippen LogP contribution >= 0.6 is 0 Å². The maximum Gasteiger partial charge on any atom is 0.0540 e. The summed E-state index contributed by atoms with van der Waals surface area (Å²) in [5, 5.41) is 2.47. The molecule has 1 spiro atoms. The van der Waals surface area contributed by atoms with E-state index in [-0.39, 0.29) is 5.41 Å². The van der Waals surface area contributed by atoms with E-state index in [9.17, 15) is 0 Å². The molecule has 9 aromatic carbocycles. The largest absolute Gasteiger partial charge is 0.309 e. The lowest BCUT2D eigenvalue weighted by atomic mass is 9.76. The van der Waals surface area contributed by atoms with E-state index in [4.69, 9.17) is 0 Å². The summed E-state index contributed by atoms with van der Waals surface area (Å²) < 4.78 is 0. The number of hydrogen-bond acceptors (Lipinski definition) is 2. The molecule has 13 rings (SSSR count). The molecule has 0 aromatic heterocycles. The predicted molar refractivity (Wildman–Crippen MR) is 277 cm³/mol. The average Bonchev–Trinajstić information content (AvgIpc) is 3.86. The molecule has 0 unspecified atom stereocenters. The highest BCUT2D eigenvalue weighted by atomic mass is 15.2. The van der Waals surface area contributed by atoms with Crippen LogP contribution in [0.5, 0.6) is 0 Å². The van der Waals surface area contributed by atoms with Gasteiger partial charge < -0.3 is 9.80 Å². The fourth-order valence-corrected chi connectivity index (χ4v) is 11.4. The van der Waals surface area contributed by atoms with Crippen molar-refractivity contribution in [1.29, 1.82) is 0 Å². The second-order valence-electron chi connectivity index (χ2n) is 18.0. The Labute approximate surface area is 381 Å². The third-order valence-corrected chi connectivity index (χ3v) is 14.5. The Bertz CT molecular complexity index is 3350. The van der Waals surface area contributed by atoms with Crippen molar-refractivity contribution in [3.8, 4) is 22.3 Å². The molecule has 1 saturated carbocycles. The van der Waals surface area contributed by atoms with E-state index in [1.807, 2.05) is 0 Å². The van der Waals surface area contributed by atoms with Gasteiger partial charge in [-0.2, -0.15) is 0 Å². The highest BCUT2D eigenvalue weighted by Gasteiger charge is 2.45. The van der Waals surface area contributed by atoms with Crippen molar-refractivity contribution in [3.63, 3.8) is 0 Å². The van der Waals surface area contributed by atoms with Gasteiger partial charge in [0.05, 0.1) is 28.4 Å². The number of fused-ring (bicyclic) bond motifs is 10. The summed E-state index contributed by atoms with van der Waals surface area (Å²) in [7, 11) is 0. The second-order valence-corrected chi connectivity index (χ2v) is 18.0. The molecule has 0 saturated heterocycles. The number of benzene rings is 9. The lowest BCUT2D eigenvalue weighted by molar-refractivity contribution is 0.550. The van der Waals surface area contributed by atoms with Crippen molar-refractivity contribution in [2.45, 2.75) is 31.1 Å². The third kappa shape index (κ3) is 6.09. The van der Waals surface area contributed by atoms with Gasteiger partial charge in [-0.1, -0.05) is 201 Å². The van der Waals surface area contributed by atoms with Gasteiger partial charge in [-0.25, -0.2) is 0 Å². The fraction of sp³-hybridized carbons (Fsp3) is 0.0794. The molecule has 308 valence electrons. The summed E-state index contributed by atoms with van der Waals surface area (Å²) in [4.78, 5) is 4.90. The van der Waals surface area contributed by atoms with Gasteiger partial charge in [-0.3, -0.25) is 0 Å². The van der Waals surface area contributed by atoms with Crippen molar-refractivity contribution in [1.82, 2.24) is 0 Å². The van der Waals surface area contributed by atoms with Crippen molar-refractivity contribution < 1.29 is 0 Å². The Hall–Kier alpha value is -7.94. The third-order valence-electron chi connectivity index (χ3n) is 14.5. The first-order valence-electron chi connectivity index (χ1n) is 23.1. The zero-order valence-corrected chi connectivity index (χ0v) is 36.2. The summed E-state index contributed by atoms with van der Waals surface area (Å²) in [5.41, 5.74) is 22.8. The van der Waals surface area contributed by atoms with Crippen LogP contribution in [0.4, 0.5) is 34.1 Å². The van der Waals surface area contributed by atoms with E-state index >= 15 is 0 Å². The molecular formula is C63H46N2. The molecule has 2 heterocycles. The van der Waals surface area contributed by atoms with Crippen LogP contribution < -0.4 is 9.80 Å². The Balaban J connectivity index is 0.815. The van der Waals surface area contributed by atoms with Crippen LogP contribution in [0.1, 0.15) is 70.2 Å². The molecule has 0 N–H and O–H groups in total. The highest BCUT2D eigenvalue weighted by molar-refractivity contribution is 6.08. The molecule has 0 amide bonds. The predicted octanol–water partition coefficient (Wildman–Crippen LogP) is 17.4. The summed E-state index contributed by atoms with van der Waals surface area (Å²) in [5.74, 6) is 0. The Morgan fingerprint density at radius 2 is 0.815 bits per heavy atom. The number of hydrogen-bond donors (Lipinski definition) is 0. The van der Waals surface area contributed by atoms with E-state index in [0.29, 0.717) is 0 Å². The smallest absolute Gasteiger partial charge is 0.0540 e. The molecule has 2 nitrogen and oxygen atoms in total. The van der Waals surface area contributed by atoms with Crippen LogP contribution in [0.3, 0.4) is 0 Å². The monoisotopic (exact) mass is 830 g/mol. The molecule has 1 fully saturated rings. The number of anilines is 6. The first-order valence-corrected chi connectivity index (χ1v) is 23.1. The fourth-order valence-electron chi connectivity index (χ4n) is 11.4. The molecule has 2 aliphatic heterocycles. The summed E-state index contributed by atoms with van der Waals surface area (Å²) in [6.45, 7) is 0. The van der Waals surface area contributed by atoms with Gasteiger partial charge in [-0.15, -0.1) is 0 Å².